The van der Waals surface area contributed by atoms with Gasteiger partial charge in [-0.05, 0) is 30.5 Å². The van der Waals surface area contributed by atoms with Crippen LogP contribution in [0.4, 0.5) is 0 Å². The van der Waals surface area contributed by atoms with Gasteiger partial charge in [-0.1, -0.05) is 35.0 Å². The van der Waals surface area contributed by atoms with Crippen LogP contribution in [0, 0.1) is 5.41 Å². The summed E-state index contributed by atoms with van der Waals surface area (Å²) in [7, 11) is 0. The molecule has 3 rings (SSSR count). The quantitative estimate of drug-likeness (QED) is 0.866. The minimum Gasteiger partial charge on any atom is -0.342 e. The van der Waals surface area contributed by atoms with E-state index in [-0.39, 0.29) is 11.3 Å². The van der Waals surface area contributed by atoms with Crippen molar-refractivity contribution in [2.75, 3.05) is 19.6 Å². The van der Waals surface area contributed by atoms with Crippen molar-refractivity contribution in [2.24, 2.45) is 11.1 Å². The van der Waals surface area contributed by atoms with E-state index < -0.39 is 0 Å². The Kier molecular flexibility index (Phi) is 4.85. The molecule has 2 aromatic rings. The average Bonchev–Trinajstić information content (AvgIpc) is 3.15. The van der Waals surface area contributed by atoms with E-state index in [0.29, 0.717) is 13.0 Å². The molecule has 0 aliphatic carbocycles. The molecule has 4 nitrogen and oxygen atoms in total. The number of hydrogen-bond acceptors (Lipinski definition) is 4. The number of benzene rings is 1. The summed E-state index contributed by atoms with van der Waals surface area (Å²) in [4.78, 5) is 19.0. The number of nitrogens with zero attached hydrogens (tertiary/aromatic N) is 2. The second kappa shape index (κ2) is 6.71. The molecule has 1 fully saturated rings. The fourth-order valence-corrected chi connectivity index (χ4v) is 4.03. The third-order valence-electron chi connectivity index (χ3n) is 4.36. The molecule has 0 radical (unpaired) electrons. The molecule has 1 aromatic carbocycles. The zero-order valence-corrected chi connectivity index (χ0v) is 15.5. The Morgan fingerprint density at radius 2 is 2.35 bits per heavy atom. The van der Waals surface area contributed by atoms with Crippen molar-refractivity contribution in [3.05, 3.63) is 39.8 Å². The van der Waals surface area contributed by atoms with Crippen molar-refractivity contribution >= 4 is 33.2 Å². The summed E-state index contributed by atoms with van der Waals surface area (Å²) in [5.74, 6) is 0.147. The number of carbonyl (C=O) groups excluding carboxylic acids is 1. The average molecular weight is 394 g/mol. The lowest BCUT2D eigenvalue weighted by molar-refractivity contribution is -0.129. The summed E-state index contributed by atoms with van der Waals surface area (Å²) >= 11 is 5.05. The molecule has 1 atom stereocenters. The lowest BCUT2D eigenvalue weighted by Gasteiger charge is -2.22. The van der Waals surface area contributed by atoms with Crippen LogP contribution < -0.4 is 5.73 Å². The fourth-order valence-electron chi connectivity index (χ4n) is 2.81. The molecule has 2 N–H and O–H groups in total. The van der Waals surface area contributed by atoms with E-state index in [1.54, 1.807) is 11.3 Å². The van der Waals surface area contributed by atoms with Crippen LogP contribution >= 0.6 is 27.3 Å². The highest BCUT2D eigenvalue weighted by atomic mass is 79.9. The molecule has 1 aliphatic heterocycles. The first kappa shape index (κ1) is 16.6. The lowest BCUT2D eigenvalue weighted by atomic mass is 9.90. The Morgan fingerprint density at radius 3 is 3.04 bits per heavy atom. The lowest BCUT2D eigenvalue weighted by Crippen LogP contribution is -2.35. The number of thiazole rings is 1. The van der Waals surface area contributed by atoms with Crippen LogP contribution in [0.2, 0.25) is 0 Å². The van der Waals surface area contributed by atoms with Crippen LogP contribution in [0.3, 0.4) is 0 Å². The molecule has 1 unspecified atom stereocenters. The molecular weight excluding hydrogens is 374 g/mol. The topological polar surface area (TPSA) is 59.2 Å². The largest absolute Gasteiger partial charge is 0.342 e. The first-order valence-corrected chi connectivity index (χ1v) is 9.34. The summed E-state index contributed by atoms with van der Waals surface area (Å²) in [6.45, 7) is 4.33. The number of amides is 1. The monoisotopic (exact) mass is 393 g/mol. The molecule has 1 aliphatic rings. The van der Waals surface area contributed by atoms with Gasteiger partial charge in [0.25, 0.3) is 0 Å². The SMILES string of the molecule is CC1(CN)CCN(C(=O)Cc2csc(-c3cccc(Br)c3)n2)C1. The van der Waals surface area contributed by atoms with Gasteiger partial charge in [-0.25, -0.2) is 4.98 Å². The standard InChI is InChI=1S/C17H20BrN3OS/c1-17(10-19)5-6-21(11-17)15(22)8-14-9-23-16(20-14)12-3-2-4-13(18)7-12/h2-4,7,9H,5-6,8,10-11,19H2,1H3. The minimum atomic E-state index is 0.0687. The van der Waals surface area contributed by atoms with Gasteiger partial charge in [0.2, 0.25) is 5.91 Å². The van der Waals surface area contributed by atoms with E-state index in [1.807, 2.05) is 34.5 Å². The van der Waals surface area contributed by atoms with E-state index in [9.17, 15) is 4.79 Å². The summed E-state index contributed by atoms with van der Waals surface area (Å²) in [6.07, 6.45) is 1.35. The minimum absolute atomic E-state index is 0.0687. The van der Waals surface area contributed by atoms with Gasteiger partial charge in [0.05, 0.1) is 12.1 Å². The summed E-state index contributed by atoms with van der Waals surface area (Å²) in [5.41, 5.74) is 7.79. The summed E-state index contributed by atoms with van der Waals surface area (Å²) in [6, 6.07) is 8.05. The van der Waals surface area contributed by atoms with Crippen LogP contribution in [0.25, 0.3) is 10.6 Å². The predicted molar refractivity (Wildman–Crippen MR) is 97.3 cm³/mol. The molecule has 0 spiro atoms. The first-order chi connectivity index (χ1) is 11.0. The molecule has 0 saturated carbocycles. The van der Waals surface area contributed by atoms with E-state index in [4.69, 9.17) is 5.73 Å². The van der Waals surface area contributed by atoms with Gasteiger partial charge in [0, 0.05) is 28.5 Å². The van der Waals surface area contributed by atoms with Crippen molar-refractivity contribution in [1.82, 2.24) is 9.88 Å². The summed E-state index contributed by atoms with van der Waals surface area (Å²) < 4.78 is 1.03. The highest BCUT2D eigenvalue weighted by Gasteiger charge is 2.34. The van der Waals surface area contributed by atoms with Gasteiger partial charge < -0.3 is 10.6 Å². The maximum absolute atomic E-state index is 12.5. The number of carbonyl (C=O) groups is 1. The number of aromatic nitrogens is 1. The molecular formula is C17H20BrN3OS. The van der Waals surface area contributed by atoms with Crippen molar-refractivity contribution in [3.63, 3.8) is 0 Å². The molecule has 1 saturated heterocycles. The Balaban J connectivity index is 1.67. The first-order valence-electron chi connectivity index (χ1n) is 7.67. The van der Waals surface area contributed by atoms with Gasteiger partial charge in [0.15, 0.2) is 0 Å². The molecule has 122 valence electrons. The maximum Gasteiger partial charge on any atom is 0.228 e. The van der Waals surface area contributed by atoms with Crippen molar-refractivity contribution in [2.45, 2.75) is 19.8 Å². The van der Waals surface area contributed by atoms with Crippen LogP contribution in [-0.2, 0) is 11.2 Å². The van der Waals surface area contributed by atoms with Gasteiger partial charge in [0.1, 0.15) is 5.01 Å². The van der Waals surface area contributed by atoms with E-state index in [1.165, 1.54) is 0 Å². The Bertz CT molecular complexity index is 717. The molecule has 1 aromatic heterocycles. The van der Waals surface area contributed by atoms with Crippen LogP contribution in [0.5, 0.6) is 0 Å². The molecule has 2 heterocycles. The second-order valence-corrected chi connectivity index (χ2v) is 8.18. The van der Waals surface area contributed by atoms with E-state index in [0.717, 1.165) is 40.2 Å². The zero-order chi connectivity index (χ0) is 16.4. The van der Waals surface area contributed by atoms with Crippen molar-refractivity contribution in [3.8, 4) is 10.6 Å². The Hall–Kier alpha value is -1.24. The van der Waals surface area contributed by atoms with Crippen LogP contribution in [0.1, 0.15) is 19.0 Å². The Labute approximate surface area is 148 Å². The van der Waals surface area contributed by atoms with Gasteiger partial charge in [-0.2, -0.15) is 0 Å². The van der Waals surface area contributed by atoms with Gasteiger partial charge in [-0.15, -0.1) is 11.3 Å². The molecule has 6 heteroatoms. The molecule has 1 amide bonds. The number of hydrogen-bond donors (Lipinski definition) is 1. The van der Waals surface area contributed by atoms with Crippen LogP contribution in [0.15, 0.2) is 34.1 Å². The second-order valence-electron chi connectivity index (χ2n) is 6.41. The maximum atomic E-state index is 12.5. The third kappa shape index (κ3) is 3.82. The van der Waals surface area contributed by atoms with Crippen molar-refractivity contribution < 1.29 is 4.79 Å². The van der Waals surface area contributed by atoms with Crippen LogP contribution in [-0.4, -0.2) is 35.4 Å². The third-order valence-corrected chi connectivity index (χ3v) is 5.79. The normalized spacial score (nSPS) is 20.9. The number of rotatable bonds is 4. The smallest absolute Gasteiger partial charge is 0.228 e. The fraction of sp³-hybridized carbons (Fsp3) is 0.412. The van der Waals surface area contributed by atoms with Crippen molar-refractivity contribution in [1.29, 1.82) is 0 Å². The molecule has 23 heavy (non-hydrogen) atoms. The summed E-state index contributed by atoms with van der Waals surface area (Å²) in [5, 5.41) is 2.93. The predicted octanol–water partition coefficient (Wildman–Crippen LogP) is 3.31. The number of nitrogens with two attached hydrogens (primary N) is 1. The molecule has 0 bridgehead atoms. The zero-order valence-electron chi connectivity index (χ0n) is 13.1. The van der Waals surface area contributed by atoms with E-state index in [2.05, 4.69) is 27.8 Å². The van der Waals surface area contributed by atoms with Gasteiger partial charge >= 0.3 is 0 Å². The highest BCUT2D eigenvalue weighted by molar-refractivity contribution is 9.10. The number of halogens is 1. The van der Waals surface area contributed by atoms with Gasteiger partial charge in [-0.3, -0.25) is 4.79 Å². The highest BCUT2D eigenvalue weighted by Crippen LogP contribution is 2.30. The van der Waals surface area contributed by atoms with E-state index >= 15 is 0 Å². The number of likely N-dealkylation sites (tertiary alicyclic amines) is 1. The Morgan fingerprint density at radius 1 is 1.52 bits per heavy atom.